The van der Waals surface area contributed by atoms with Crippen LogP contribution < -0.4 is 4.74 Å². The largest absolute Gasteiger partial charge is 0.491 e. The summed E-state index contributed by atoms with van der Waals surface area (Å²) in [6, 6.07) is 13.1. The van der Waals surface area contributed by atoms with E-state index in [4.69, 9.17) is 13.7 Å². The molecule has 1 atom stereocenters. The average Bonchev–Trinajstić information content (AvgIpc) is 2.67. The summed E-state index contributed by atoms with van der Waals surface area (Å²) in [5.41, 5.74) is 1.70. The number of aliphatic hydroxyl groups is 1. The van der Waals surface area contributed by atoms with Gasteiger partial charge in [0.15, 0.2) is 6.10 Å². The van der Waals surface area contributed by atoms with Crippen molar-refractivity contribution in [3.05, 3.63) is 59.7 Å². The predicted molar refractivity (Wildman–Crippen MR) is 103 cm³/mol. The zero-order chi connectivity index (χ0) is 20.6. The van der Waals surface area contributed by atoms with Gasteiger partial charge in [0.05, 0.1) is 11.5 Å². The van der Waals surface area contributed by atoms with Gasteiger partial charge in [0.2, 0.25) is 0 Å². The van der Waals surface area contributed by atoms with Gasteiger partial charge in [0.25, 0.3) is 10.1 Å². The van der Waals surface area contributed by atoms with E-state index in [1.807, 2.05) is 6.92 Å². The maximum absolute atomic E-state index is 12.1. The Balaban J connectivity index is 1.79. The van der Waals surface area contributed by atoms with Gasteiger partial charge in [-0.2, -0.15) is 8.42 Å². The number of hydrogen-bond donors (Lipinski definition) is 1. The first kappa shape index (κ1) is 21.9. The van der Waals surface area contributed by atoms with Crippen LogP contribution in [0.15, 0.2) is 53.4 Å². The molecule has 0 fully saturated rings. The van der Waals surface area contributed by atoms with Crippen molar-refractivity contribution in [2.75, 3.05) is 19.8 Å². The van der Waals surface area contributed by atoms with Gasteiger partial charge < -0.3 is 14.6 Å². The SMILES string of the molecule is CCOC(=O)C(O)Cc1ccc(OCCOS(=O)(=O)c2ccc(C)cc2)cc1. The fraction of sp³-hybridized carbons (Fsp3) is 0.350. The summed E-state index contributed by atoms with van der Waals surface area (Å²) < 4.78 is 39.3. The zero-order valence-corrected chi connectivity index (χ0v) is 16.6. The van der Waals surface area contributed by atoms with E-state index in [1.165, 1.54) is 12.1 Å². The molecule has 152 valence electrons. The molecular weight excluding hydrogens is 384 g/mol. The molecule has 0 aromatic heterocycles. The number of carbonyl (C=O) groups excluding carboxylic acids is 1. The van der Waals surface area contributed by atoms with Gasteiger partial charge in [0.1, 0.15) is 19.0 Å². The molecule has 0 bridgehead atoms. The topological polar surface area (TPSA) is 99.1 Å². The van der Waals surface area contributed by atoms with Crippen LogP contribution in [0.3, 0.4) is 0 Å². The molecule has 0 aliphatic carbocycles. The molecule has 1 unspecified atom stereocenters. The van der Waals surface area contributed by atoms with Crippen LogP contribution >= 0.6 is 0 Å². The molecule has 2 rings (SSSR count). The molecule has 7 nitrogen and oxygen atoms in total. The second kappa shape index (κ2) is 10.2. The molecule has 2 aromatic carbocycles. The lowest BCUT2D eigenvalue weighted by Gasteiger charge is -2.11. The Bertz CT molecular complexity index is 858. The Kier molecular flexibility index (Phi) is 7.98. The fourth-order valence-electron chi connectivity index (χ4n) is 2.34. The lowest BCUT2D eigenvalue weighted by molar-refractivity contribution is -0.152. The smallest absolute Gasteiger partial charge is 0.335 e. The molecule has 0 radical (unpaired) electrons. The molecule has 0 amide bonds. The summed E-state index contributed by atoms with van der Waals surface area (Å²) in [5.74, 6) is -0.138. The second-order valence-corrected chi connectivity index (χ2v) is 7.67. The highest BCUT2D eigenvalue weighted by molar-refractivity contribution is 7.86. The summed E-state index contributed by atoms with van der Waals surface area (Å²) in [5, 5.41) is 9.75. The first-order valence-corrected chi connectivity index (χ1v) is 10.2. The molecule has 28 heavy (non-hydrogen) atoms. The maximum atomic E-state index is 12.1. The third-order valence-corrected chi connectivity index (χ3v) is 5.14. The standard InChI is InChI=1S/C20H24O7S/c1-3-25-20(22)19(21)14-16-6-8-17(9-7-16)26-12-13-27-28(23,24)18-10-4-15(2)5-11-18/h4-11,19,21H,3,12-14H2,1-2H3. The van der Waals surface area contributed by atoms with Crippen LogP contribution in [0.5, 0.6) is 5.75 Å². The zero-order valence-electron chi connectivity index (χ0n) is 15.8. The van der Waals surface area contributed by atoms with Crippen molar-refractivity contribution in [1.29, 1.82) is 0 Å². The first-order valence-electron chi connectivity index (χ1n) is 8.84. The average molecular weight is 408 g/mol. The highest BCUT2D eigenvalue weighted by Gasteiger charge is 2.17. The Labute approximate surface area is 165 Å². The van der Waals surface area contributed by atoms with Crippen molar-refractivity contribution in [2.45, 2.75) is 31.3 Å². The molecule has 0 aliphatic rings. The van der Waals surface area contributed by atoms with Gasteiger partial charge in [-0.3, -0.25) is 4.18 Å². The highest BCUT2D eigenvalue weighted by atomic mass is 32.2. The monoisotopic (exact) mass is 408 g/mol. The van der Waals surface area contributed by atoms with E-state index in [1.54, 1.807) is 43.3 Å². The number of aliphatic hydroxyl groups excluding tert-OH is 1. The van der Waals surface area contributed by atoms with E-state index >= 15 is 0 Å². The van der Waals surface area contributed by atoms with Crippen LogP contribution in [-0.2, 0) is 30.3 Å². The van der Waals surface area contributed by atoms with Crippen LogP contribution in [0.1, 0.15) is 18.1 Å². The molecule has 0 saturated carbocycles. The number of esters is 1. The number of benzene rings is 2. The Morgan fingerprint density at radius 3 is 2.29 bits per heavy atom. The van der Waals surface area contributed by atoms with Gasteiger partial charge in [-0.05, 0) is 43.7 Å². The normalized spacial score (nSPS) is 12.4. The third-order valence-electron chi connectivity index (χ3n) is 3.81. The molecule has 0 heterocycles. The highest BCUT2D eigenvalue weighted by Crippen LogP contribution is 2.15. The Hall–Kier alpha value is -2.42. The van der Waals surface area contributed by atoms with Crippen LogP contribution in [-0.4, -0.2) is 45.4 Å². The number of rotatable bonds is 10. The van der Waals surface area contributed by atoms with Gasteiger partial charge in [-0.15, -0.1) is 0 Å². The predicted octanol–water partition coefficient (Wildman–Crippen LogP) is 2.25. The first-order chi connectivity index (χ1) is 13.3. The molecule has 0 spiro atoms. The van der Waals surface area contributed by atoms with Crippen molar-refractivity contribution >= 4 is 16.1 Å². The van der Waals surface area contributed by atoms with E-state index < -0.39 is 22.2 Å². The van der Waals surface area contributed by atoms with E-state index in [0.717, 1.165) is 11.1 Å². The summed E-state index contributed by atoms with van der Waals surface area (Å²) in [7, 11) is -3.82. The summed E-state index contributed by atoms with van der Waals surface area (Å²) in [6.07, 6.45) is -1.08. The molecule has 0 aliphatic heterocycles. The van der Waals surface area contributed by atoms with Gasteiger partial charge >= 0.3 is 5.97 Å². The van der Waals surface area contributed by atoms with Gasteiger partial charge in [-0.1, -0.05) is 29.8 Å². The Morgan fingerprint density at radius 1 is 1.04 bits per heavy atom. The fourth-order valence-corrected chi connectivity index (χ4v) is 3.24. The van der Waals surface area contributed by atoms with E-state index in [2.05, 4.69) is 0 Å². The van der Waals surface area contributed by atoms with Crippen molar-refractivity contribution in [3.63, 3.8) is 0 Å². The lowest BCUT2D eigenvalue weighted by atomic mass is 10.1. The number of aryl methyl sites for hydroxylation is 1. The lowest BCUT2D eigenvalue weighted by Crippen LogP contribution is -2.25. The molecule has 8 heteroatoms. The van der Waals surface area contributed by atoms with E-state index in [9.17, 15) is 18.3 Å². The number of ether oxygens (including phenoxy) is 2. The maximum Gasteiger partial charge on any atom is 0.335 e. The minimum atomic E-state index is -3.82. The molecular formula is C20H24O7S. The minimum Gasteiger partial charge on any atom is -0.491 e. The molecule has 1 N–H and O–H groups in total. The second-order valence-electron chi connectivity index (χ2n) is 6.05. The number of hydrogen-bond acceptors (Lipinski definition) is 7. The van der Waals surface area contributed by atoms with Gasteiger partial charge in [-0.25, -0.2) is 4.79 Å². The van der Waals surface area contributed by atoms with E-state index in [0.29, 0.717) is 5.75 Å². The summed E-state index contributed by atoms with van der Waals surface area (Å²) in [4.78, 5) is 11.5. The van der Waals surface area contributed by atoms with Gasteiger partial charge in [0, 0.05) is 6.42 Å². The van der Waals surface area contributed by atoms with Crippen LogP contribution in [0.4, 0.5) is 0 Å². The van der Waals surface area contributed by atoms with Crippen molar-refractivity contribution < 1.29 is 32.0 Å². The van der Waals surface area contributed by atoms with Crippen molar-refractivity contribution in [1.82, 2.24) is 0 Å². The van der Waals surface area contributed by atoms with Crippen LogP contribution in [0.25, 0.3) is 0 Å². The quantitative estimate of drug-likeness (QED) is 0.366. The van der Waals surface area contributed by atoms with E-state index in [-0.39, 0.29) is 31.1 Å². The number of carbonyl (C=O) groups is 1. The third kappa shape index (κ3) is 6.63. The van der Waals surface area contributed by atoms with Crippen LogP contribution in [0.2, 0.25) is 0 Å². The van der Waals surface area contributed by atoms with Crippen molar-refractivity contribution in [2.24, 2.45) is 0 Å². The molecule has 2 aromatic rings. The van der Waals surface area contributed by atoms with Crippen molar-refractivity contribution in [3.8, 4) is 5.75 Å². The molecule has 0 saturated heterocycles. The van der Waals surface area contributed by atoms with Crippen LogP contribution in [0, 0.1) is 6.92 Å². The Morgan fingerprint density at radius 2 is 1.68 bits per heavy atom. The summed E-state index contributed by atoms with van der Waals surface area (Å²) in [6.45, 7) is 3.68. The minimum absolute atomic E-state index is 0.0515. The summed E-state index contributed by atoms with van der Waals surface area (Å²) >= 11 is 0.